The summed E-state index contributed by atoms with van der Waals surface area (Å²) in [4.78, 5) is 0. The molecule has 0 amide bonds. The number of unbranched alkanes of at least 4 members (excludes halogenated alkanes) is 5. The Kier molecular flexibility index (Phi) is 10.4. The van der Waals surface area contributed by atoms with Gasteiger partial charge in [-0.05, 0) is 52.7 Å². The highest BCUT2D eigenvalue weighted by Crippen LogP contribution is 2.37. The van der Waals surface area contributed by atoms with E-state index in [9.17, 15) is 4.39 Å². The molecule has 0 spiro atoms. The third-order valence-electron chi connectivity index (χ3n) is 4.66. The molecule has 0 heterocycles. The van der Waals surface area contributed by atoms with Crippen LogP contribution in [-0.4, -0.2) is 13.7 Å². The second-order valence-corrected chi connectivity index (χ2v) is 7.79. The minimum absolute atomic E-state index is 0.150. The van der Waals surface area contributed by atoms with Gasteiger partial charge in [0.15, 0.2) is 11.5 Å². The Balaban J connectivity index is 1.85. The fourth-order valence-corrected chi connectivity index (χ4v) is 3.65. The van der Waals surface area contributed by atoms with Gasteiger partial charge in [0.2, 0.25) is 0 Å². The number of ether oxygens (including phenoxy) is 2. The zero-order valence-electron chi connectivity index (χ0n) is 16.9. The van der Waals surface area contributed by atoms with E-state index in [0.29, 0.717) is 17.1 Å². The lowest BCUT2D eigenvalue weighted by Crippen LogP contribution is -2.15. The highest BCUT2D eigenvalue weighted by Gasteiger charge is 2.13. The van der Waals surface area contributed by atoms with E-state index >= 15 is 0 Å². The molecule has 0 fully saturated rings. The SMILES string of the molecule is CCCCCCCCNCc1cc(Br)c(OCc2ccccc2F)c(OC)c1. The average molecular weight is 452 g/mol. The molecule has 28 heavy (non-hydrogen) atoms. The fraction of sp³-hybridized carbons (Fsp3) is 0.478. The first-order valence-corrected chi connectivity index (χ1v) is 10.9. The zero-order chi connectivity index (χ0) is 20.2. The molecule has 0 aromatic heterocycles. The standard InChI is InChI=1S/C23H31BrFNO2/c1-3-4-5-6-7-10-13-26-16-18-14-20(24)23(22(15-18)27-2)28-17-19-11-8-9-12-21(19)25/h8-9,11-12,14-15,26H,3-7,10,13,16-17H2,1-2H3. The third-order valence-corrected chi connectivity index (χ3v) is 5.24. The van der Waals surface area contributed by atoms with Crippen LogP contribution in [0.1, 0.15) is 56.6 Å². The maximum absolute atomic E-state index is 13.8. The topological polar surface area (TPSA) is 30.5 Å². The minimum Gasteiger partial charge on any atom is -0.493 e. The summed E-state index contributed by atoms with van der Waals surface area (Å²) < 4.78 is 25.9. The summed E-state index contributed by atoms with van der Waals surface area (Å²) in [6.07, 6.45) is 7.77. The number of hydrogen-bond donors (Lipinski definition) is 1. The zero-order valence-corrected chi connectivity index (χ0v) is 18.5. The predicted octanol–water partition coefficient (Wildman–Crippen LogP) is 6.63. The second-order valence-electron chi connectivity index (χ2n) is 6.93. The van der Waals surface area contributed by atoms with Crippen LogP contribution in [0.25, 0.3) is 0 Å². The van der Waals surface area contributed by atoms with Gasteiger partial charge in [-0.15, -0.1) is 0 Å². The normalized spacial score (nSPS) is 10.9. The average Bonchev–Trinajstić information content (AvgIpc) is 2.70. The van der Waals surface area contributed by atoms with Crippen molar-refractivity contribution in [2.45, 2.75) is 58.6 Å². The van der Waals surface area contributed by atoms with Crippen LogP contribution in [0.4, 0.5) is 4.39 Å². The lowest BCUT2D eigenvalue weighted by molar-refractivity contribution is 0.277. The molecule has 1 N–H and O–H groups in total. The molecule has 2 rings (SSSR count). The maximum Gasteiger partial charge on any atom is 0.175 e. The molecule has 0 unspecified atom stereocenters. The summed E-state index contributed by atoms with van der Waals surface area (Å²) in [5, 5.41) is 3.49. The fourth-order valence-electron chi connectivity index (χ4n) is 3.04. The lowest BCUT2D eigenvalue weighted by atomic mass is 10.1. The highest BCUT2D eigenvalue weighted by molar-refractivity contribution is 9.10. The van der Waals surface area contributed by atoms with Crippen LogP contribution in [0.5, 0.6) is 11.5 Å². The first-order chi connectivity index (χ1) is 13.7. The number of methoxy groups -OCH3 is 1. The van der Waals surface area contributed by atoms with Crippen molar-refractivity contribution in [2.75, 3.05) is 13.7 Å². The third kappa shape index (κ3) is 7.44. The number of hydrogen-bond acceptors (Lipinski definition) is 3. The Labute approximate surface area is 176 Å². The van der Waals surface area contributed by atoms with Crippen LogP contribution in [0.3, 0.4) is 0 Å². The molecule has 0 aliphatic rings. The Hall–Kier alpha value is -1.59. The molecule has 5 heteroatoms. The second kappa shape index (κ2) is 12.8. The lowest BCUT2D eigenvalue weighted by Gasteiger charge is -2.15. The van der Waals surface area contributed by atoms with Gasteiger partial charge in [-0.25, -0.2) is 4.39 Å². The highest BCUT2D eigenvalue weighted by atomic mass is 79.9. The van der Waals surface area contributed by atoms with Crippen molar-refractivity contribution in [3.63, 3.8) is 0 Å². The Morgan fingerprint density at radius 1 is 1.04 bits per heavy atom. The quantitative estimate of drug-likeness (QED) is 0.346. The molecule has 2 aromatic rings. The van der Waals surface area contributed by atoms with E-state index in [2.05, 4.69) is 28.2 Å². The molecule has 0 radical (unpaired) electrons. The first-order valence-electron chi connectivity index (χ1n) is 10.1. The van der Waals surface area contributed by atoms with Crippen LogP contribution in [0.2, 0.25) is 0 Å². The molecule has 0 saturated heterocycles. The van der Waals surface area contributed by atoms with Crippen LogP contribution >= 0.6 is 15.9 Å². The first kappa shape index (κ1) is 22.7. The van der Waals surface area contributed by atoms with E-state index in [4.69, 9.17) is 9.47 Å². The maximum atomic E-state index is 13.8. The largest absolute Gasteiger partial charge is 0.493 e. The molecule has 154 valence electrons. The Morgan fingerprint density at radius 3 is 2.54 bits per heavy atom. The molecule has 3 nitrogen and oxygen atoms in total. The molecule has 0 atom stereocenters. The Bertz CT molecular complexity index is 724. The molecule has 2 aromatic carbocycles. The van der Waals surface area contributed by atoms with Gasteiger partial charge in [0.1, 0.15) is 12.4 Å². The van der Waals surface area contributed by atoms with E-state index in [1.807, 2.05) is 12.1 Å². The van der Waals surface area contributed by atoms with Gasteiger partial charge < -0.3 is 14.8 Å². The van der Waals surface area contributed by atoms with Gasteiger partial charge >= 0.3 is 0 Å². The molecule has 0 saturated carbocycles. The molecular weight excluding hydrogens is 421 g/mol. The van der Waals surface area contributed by atoms with Crippen LogP contribution in [-0.2, 0) is 13.2 Å². The van der Waals surface area contributed by atoms with E-state index < -0.39 is 0 Å². The van der Waals surface area contributed by atoms with Gasteiger partial charge in [0.25, 0.3) is 0 Å². The van der Waals surface area contributed by atoms with Gasteiger partial charge in [-0.1, -0.05) is 57.2 Å². The smallest absolute Gasteiger partial charge is 0.175 e. The summed E-state index contributed by atoms with van der Waals surface area (Å²) in [6.45, 7) is 4.18. The molecular formula is C23H31BrFNO2. The minimum atomic E-state index is -0.270. The molecule has 0 aliphatic carbocycles. The summed E-state index contributed by atoms with van der Waals surface area (Å²) >= 11 is 3.56. The van der Waals surface area contributed by atoms with Crippen molar-refractivity contribution in [3.05, 3.63) is 57.8 Å². The summed E-state index contributed by atoms with van der Waals surface area (Å²) in [5.74, 6) is 0.959. The van der Waals surface area contributed by atoms with Gasteiger partial charge in [-0.2, -0.15) is 0 Å². The summed E-state index contributed by atoms with van der Waals surface area (Å²) in [6, 6.07) is 10.6. The number of benzene rings is 2. The van der Waals surface area contributed by atoms with Crippen molar-refractivity contribution in [1.82, 2.24) is 5.32 Å². The van der Waals surface area contributed by atoms with E-state index in [1.54, 1.807) is 25.3 Å². The number of nitrogens with one attached hydrogen (secondary N) is 1. The van der Waals surface area contributed by atoms with Crippen LogP contribution in [0.15, 0.2) is 40.9 Å². The van der Waals surface area contributed by atoms with Crippen molar-refractivity contribution in [1.29, 1.82) is 0 Å². The summed E-state index contributed by atoms with van der Waals surface area (Å²) in [5.41, 5.74) is 1.63. The predicted molar refractivity (Wildman–Crippen MR) is 117 cm³/mol. The van der Waals surface area contributed by atoms with E-state index in [0.717, 1.165) is 23.1 Å². The van der Waals surface area contributed by atoms with Crippen LogP contribution < -0.4 is 14.8 Å². The van der Waals surface area contributed by atoms with Gasteiger partial charge in [0, 0.05) is 12.1 Å². The van der Waals surface area contributed by atoms with Crippen molar-refractivity contribution in [2.24, 2.45) is 0 Å². The van der Waals surface area contributed by atoms with Crippen LogP contribution in [0, 0.1) is 5.82 Å². The summed E-state index contributed by atoms with van der Waals surface area (Å²) in [7, 11) is 1.62. The number of rotatable bonds is 13. The van der Waals surface area contributed by atoms with Gasteiger partial charge in [-0.3, -0.25) is 0 Å². The number of halogens is 2. The van der Waals surface area contributed by atoms with Gasteiger partial charge in [0.05, 0.1) is 11.6 Å². The van der Waals surface area contributed by atoms with Crippen molar-refractivity contribution < 1.29 is 13.9 Å². The van der Waals surface area contributed by atoms with Crippen molar-refractivity contribution in [3.8, 4) is 11.5 Å². The molecule has 0 bridgehead atoms. The van der Waals surface area contributed by atoms with E-state index in [1.165, 1.54) is 44.6 Å². The van der Waals surface area contributed by atoms with E-state index in [-0.39, 0.29) is 12.4 Å². The Morgan fingerprint density at radius 2 is 1.79 bits per heavy atom. The molecule has 0 aliphatic heterocycles. The van der Waals surface area contributed by atoms with Crippen molar-refractivity contribution >= 4 is 15.9 Å². The monoisotopic (exact) mass is 451 g/mol.